The van der Waals surface area contributed by atoms with Crippen molar-refractivity contribution in [2.24, 2.45) is 5.73 Å². The molecule has 0 bridgehead atoms. The normalized spacial score (nSPS) is 24.2. The van der Waals surface area contributed by atoms with Crippen LogP contribution in [0.15, 0.2) is 12.7 Å². The van der Waals surface area contributed by atoms with Crippen molar-refractivity contribution >= 4 is 22.9 Å². The number of nitrogen functional groups attached to an aromatic ring is 1. The Morgan fingerprint density at radius 2 is 2.12 bits per heavy atom. The zero-order chi connectivity index (χ0) is 17.8. The van der Waals surface area contributed by atoms with Crippen LogP contribution in [0.25, 0.3) is 11.2 Å². The fraction of sp³-hybridized carbons (Fsp3) is 0.625. The van der Waals surface area contributed by atoms with E-state index in [0.717, 1.165) is 25.7 Å². The number of rotatable bonds is 5. The summed E-state index contributed by atoms with van der Waals surface area (Å²) in [4.78, 5) is 24.5. The molecular weight excluding hydrogens is 322 g/mol. The van der Waals surface area contributed by atoms with Gasteiger partial charge < -0.3 is 26.5 Å². The van der Waals surface area contributed by atoms with Crippen LogP contribution in [0.3, 0.4) is 0 Å². The molecule has 2 aromatic heterocycles. The molecule has 9 heteroatoms. The molecule has 3 rings (SSSR count). The molecule has 3 atom stereocenters. The van der Waals surface area contributed by atoms with Crippen molar-refractivity contribution in [1.82, 2.24) is 24.8 Å². The number of fused-ring (bicyclic) bond motifs is 1. The molecule has 0 spiro atoms. The van der Waals surface area contributed by atoms with Gasteiger partial charge in [0.15, 0.2) is 11.5 Å². The van der Waals surface area contributed by atoms with Gasteiger partial charge in [-0.25, -0.2) is 15.0 Å². The largest absolute Gasteiger partial charge is 0.389 e. The third kappa shape index (κ3) is 3.72. The number of aliphatic hydroxyl groups excluding tert-OH is 1. The molecule has 6 N–H and O–H groups in total. The van der Waals surface area contributed by atoms with Gasteiger partial charge in [-0.1, -0.05) is 12.8 Å². The summed E-state index contributed by atoms with van der Waals surface area (Å²) >= 11 is 0. The molecule has 0 saturated heterocycles. The van der Waals surface area contributed by atoms with E-state index in [1.54, 1.807) is 6.33 Å². The number of amides is 1. The van der Waals surface area contributed by atoms with Crippen molar-refractivity contribution in [3.63, 3.8) is 0 Å². The Balaban J connectivity index is 1.82. The van der Waals surface area contributed by atoms with Crippen molar-refractivity contribution in [2.75, 3.05) is 12.3 Å². The molecule has 1 aliphatic rings. The Hall–Kier alpha value is -2.26. The Bertz CT molecular complexity index is 732. The molecule has 0 radical (unpaired) electrons. The number of nitrogens with zero attached hydrogens (tertiary/aromatic N) is 4. The summed E-state index contributed by atoms with van der Waals surface area (Å²) in [7, 11) is 0. The van der Waals surface area contributed by atoms with Gasteiger partial charge in [-0.2, -0.15) is 0 Å². The molecule has 2 heterocycles. The Morgan fingerprint density at radius 1 is 1.32 bits per heavy atom. The summed E-state index contributed by atoms with van der Waals surface area (Å²) in [5.74, 6) is 0.246. The highest BCUT2D eigenvalue weighted by Gasteiger charge is 2.33. The van der Waals surface area contributed by atoms with E-state index in [0.29, 0.717) is 36.4 Å². The van der Waals surface area contributed by atoms with Gasteiger partial charge in [0.05, 0.1) is 24.5 Å². The van der Waals surface area contributed by atoms with Crippen LogP contribution in [-0.2, 0) is 4.79 Å². The van der Waals surface area contributed by atoms with Crippen molar-refractivity contribution < 1.29 is 9.90 Å². The van der Waals surface area contributed by atoms with Gasteiger partial charge in [-0.05, 0) is 25.8 Å². The predicted molar refractivity (Wildman–Crippen MR) is 93.5 cm³/mol. The second-order valence-electron chi connectivity index (χ2n) is 6.49. The van der Waals surface area contributed by atoms with E-state index < -0.39 is 6.10 Å². The molecule has 0 aromatic carbocycles. The number of nitrogens with two attached hydrogens (primary N) is 2. The van der Waals surface area contributed by atoms with Crippen LogP contribution in [0.2, 0.25) is 0 Å². The molecule has 1 amide bonds. The average Bonchev–Trinajstić information content (AvgIpc) is 2.95. The Morgan fingerprint density at radius 3 is 2.92 bits per heavy atom. The van der Waals surface area contributed by atoms with Gasteiger partial charge in [-0.15, -0.1) is 0 Å². The fourth-order valence-corrected chi connectivity index (χ4v) is 3.44. The summed E-state index contributed by atoms with van der Waals surface area (Å²) in [5, 5.41) is 13.9. The van der Waals surface area contributed by atoms with E-state index in [9.17, 15) is 9.90 Å². The maximum absolute atomic E-state index is 12.0. The van der Waals surface area contributed by atoms with Gasteiger partial charge in [0.25, 0.3) is 0 Å². The van der Waals surface area contributed by atoms with Crippen molar-refractivity contribution in [2.45, 2.75) is 56.7 Å². The van der Waals surface area contributed by atoms with Crippen LogP contribution >= 0.6 is 0 Å². The molecule has 0 unspecified atom stereocenters. The third-order valence-corrected chi connectivity index (χ3v) is 4.77. The van der Waals surface area contributed by atoms with E-state index in [2.05, 4.69) is 20.3 Å². The third-order valence-electron chi connectivity index (χ3n) is 4.77. The van der Waals surface area contributed by atoms with Crippen LogP contribution in [0.4, 0.5) is 5.82 Å². The van der Waals surface area contributed by atoms with Crippen LogP contribution in [0.5, 0.6) is 0 Å². The fourth-order valence-electron chi connectivity index (χ4n) is 3.44. The number of nitrogens with one attached hydrogen (secondary N) is 1. The van der Waals surface area contributed by atoms with E-state index in [1.807, 2.05) is 4.57 Å². The van der Waals surface area contributed by atoms with Crippen molar-refractivity contribution in [3.05, 3.63) is 12.7 Å². The number of hydrogen-bond donors (Lipinski definition) is 4. The first-order valence-corrected chi connectivity index (χ1v) is 8.72. The first-order chi connectivity index (χ1) is 12.1. The van der Waals surface area contributed by atoms with Crippen LogP contribution in [0, 0.1) is 0 Å². The zero-order valence-electron chi connectivity index (χ0n) is 14.1. The molecule has 1 fully saturated rings. The number of carbonyl (C=O) groups excluding carboxylic acids is 1. The smallest absolute Gasteiger partial charge is 0.220 e. The van der Waals surface area contributed by atoms with E-state index in [4.69, 9.17) is 11.5 Å². The quantitative estimate of drug-likeness (QED) is 0.562. The van der Waals surface area contributed by atoms with Gasteiger partial charge in [0.1, 0.15) is 11.8 Å². The van der Waals surface area contributed by atoms with E-state index in [1.165, 1.54) is 6.33 Å². The SMILES string of the molecule is NCCCC(=O)N[C@H]1CCCC[C@H](n2cnc3c(N)ncnc32)[C@H]1O. The van der Waals surface area contributed by atoms with Crippen LogP contribution in [0.1, 0.15) is 44.6 Å². The number of aromatic nitrogens is 4. The van der Waals surface area contributed by atoms with Gasteiger partial charge in [-0.3, -0.25) is 4.79 Å². The highest BCUT2D eigenvalue weighted by molar-refractivity contribution is 5.81. The lowest BCUT2D eigenvalue weighted by atomic mass is 10.0. The molecule has 25 heavy (non-hydrogen) atoms. The second kappa shape index (κ2) is 7.75. The summed E-state index contributed by atoms with van der Waals surface area (Å²) < 4.78 is 1.85. The minimum Gasteiger partial charge on any atom is -0.389 e. The molecule has 9 nitrogen and oxygen atoms in total. The first-order valence-electron chi connectivity index (χ1n) is 8.72. The van der Waals surface area contributed by atoms with Gasteiger partial charge in [0, 0.05) is 6.42 Å². The number of anilines is 1. The minimum absolute atomic E-state index is 0.0720. The van der Waals surface area contributed by atoms with Crippen molar-refractivity contribution in [1.29, 1.82) is 0 Å². The summed E-state index contributed by atoms with van der Waals surface area (Å²) in [6, 6.07) is -0.518. The molecule has 2 aromatic rings. The predicted octanol–water partition coefficient (Wildman–Crippen LogP) is 0.108. The zero-order valence-corrected chi connectivity index (χ0v) is 14.1. The highest BCUT2D eigenvalue weighted by Crippen LogP contribution is 2.30. The number of hydrogen-bond acceptors (Lipinski definition) is 7. The summed E-state index contributed by atoms with van der Waals surface area (Å²) in [6.07, 6.45) is 6.76. The molecule has 0 aliphatic heterocycles. The molecule has 136 valence electrons. The number of carbonyl (C=O) groups is 1. The van der Waals surface area contributed by atoms with Crippen LogP contribution < -0.4 is 16.8 Å². The lowest BCUT2D eigenvalue weighted by Gasteiger charge is -2.29. The minimum atomic E-state index is -0.724. The molecule has 1 aliphatic carbocycles. The van der Waals surface area contributed by atoms with Crippen molar-refractivity contribution in [3.8, 4) is 0 Å². The van der Waals surface area contributed by atoms with E-state index >= 15 is 0 Å². The Kier molecular flexibility index (Phi) is 5.44. The maximum Gasteiger partial charge on any atom is 0.220 e. The van der Waals surface area contributed by atoms with Gasteiger partial charge in [0.2, 0.25) is 5.91 Å². The van der Waals surface area contributed by atoms with Crippen LogP contribution in [-0.4, -0.2) is 49.2 Å². The maximum atomic E-state index is 12.0. The first kappa shape index (κ1) is 17.6. The van der Waals surface area contributed by atoms with Gasteiger partial charge >= 0.3 is 0 Å². The number of imidazole rings is 1. The summed E-state index contributed by atoms with van der Waals surface area (Å²) in [5.41, 5.74) is 12.4. The lowest BCUT2D eigenvalue weighted by molar-refractivity contribution is -0.123. The topological polar surface area (TPSA) is 145 Å². The van der Waals surface area contributed by atoms with E-state index in [-0.39, 0.29) is 18.0 Å². The molecular formula is C16H25N7O2. The monoisotopic (exact) mass is 347 g/mol. The lowest BCUT2D eigenvalue weighted by Crippen LogP contribution is -2.46. The average molecular weight is 347 g/mol. The summed E-state index contributed by atoms with van der Waals surface area (Å²) in [6.45, 7) is 0.478. The standard InChI is InChI=1S/C16H25N7O2/c17-7-3-6-12(24)22-10-4-1-2-5-11(14(10)25)23-9-21-13-15(18)19-8-20-16(13)23/h8-11,14,25H,1-7,17H2,(H,22,24)(H2,18,19,20)/t10-,11-,14-/m0/s1. The molecule has 1 saturated carbocycles. The highest BCUT2D eigenvalue weighted by atomic mass is 16.3. The Labute approximate surface area is 145 Å². The second-order valence-corrected chi connectivity index (χ2v) is 6.49. The number of aliphatic hydroxyl groups is 1.